The van der Waals surface area contributed by atoms with Gasteiger partial charge in [-0.15, -0.1) is 5.10 Å². The number of rotatable bonds is 8. The molecule has 2 atom stereocenters. The quantitative estimate of drug-likeness (QED) is 0.561. The molecule has 0 saturated carbocycles. The Morgan fingerprint density at radius 3 is 2.64 bits per heavy atom. The summed E-state index contributed by atoms with van der Waals surface area (Å²) in [5.41, 5.74) is 3.87. The number of aromatic amines is 1. The lowest BCUT2D eigenvalue weighted by Gasteiger charge is -2.25. The van der Waals surface area contributed by atoms with Crippen molar-refractivity contribution >= 4 is 10.9 Å². The lowest BCUT2D eigenvalue weighted by Crippen LogP contribution is -2.34. The normalized spacial score (nSPS) is 20.9. The largest absolute Gasteiger partial charge is 0.377 e. The number of hydrogen-bond donors (Lipinski definition) is 1. The third-order valence-corrected chi connectivity index (χ3v) is 6.64. The Morgan fingerprint density at radius 2 is 1.88 bits per heavy atom. The summed E-state index contributed by atoms with van der Waals surface area (Å²) < 4.78 is 13.5. The van der Waals surface area contributed by atoms with Gasteiger partial charge in [-0.05, 0) is 73.2 Å². The van der Waals surface area contributed by atoms with Crippen LogP contribution in [0.4, 0.5) is 0 Å². The summed E-state index contributed by atoms with van der Waals surface area (Å²) in [7, 11) is 0. The summed E-state index contributed by atoms with van der Waals surface area (Å²) in [6.45, 7) is 8.17. The number of aromatic nitrogens is 5. The average Bonchev–Trinajstić information content (AvgIpc) is 3.54. The SMILES string of the molecule is Cc1cc(C)c2cc(CN(Cc3nnnn3C[C@H]3CCCO3)C[C@H]3CCCO3)c(=O)[nH]c2c1. The van der Waals surface area contributed by atoms with Crippen LogP contribution < -0.4 is 5.56 Å². The monoisotopic (exact) mass is 452 g/mol. The number of nitrogens with one attached hydrogen (secondary N) is 1. The lowest BCUT2D eigenvalue weighted by molar-refractivity contribution is 0.0647. The zero-order valence-corrected chi connectivity index (χ0v) is 19.4. The van der Waals surface area contributed by atoms with Crippen LogP contribution in [0.15, 0.2) is 23.0 Å². The van der Waals surface area contributed by atoms with Crippen molar-refractivity contribution in [1.29, 1.82) is 0 Å². The maximum Gasteiger partial charge on any atom is 0.252 e. The van der Waals surface area contributed by atoms with Gasteiger partial charge in [-0.25, -0.2) is 4.68 Å². The predicted molar refractivity (Wildman–Crippen MR) is 124 cm³/mol. The van der Waals surface area contributed by atoms with E-state index in [2.05, 4.69) is 38.4 Å². The molecule has 5 rings (SSSR count). The number of aryl methyl sites for hydroxylation is 2. The summed E-state index contributed by atoms with van der Waals surface area (Å²) in [4.78, 5) is 18.3. The molecule has 0 radical (unpaired) electrons. The van der Waals surface area contributed by atoms with Crippen molar-refractivity contribution in [3.8, 4) is 0 Å². The Morgan fingerprint density at radius 1 is 1.09 bits per heavy atom. The number of pyridine rings is 1. The molecule has 0 spiro atoms. The van der Waals surface area contributed by atoms with Gasteiger partial charge in [0.25, 0.3) is 5.56 Å². The molecule has 176 valence electrons. The maximum atomic E-state index is 13.0. The molecule has 2 fully saturated rings. The molecule has 4 heterocycles. The summed E-state index contributed by atoms with van der Waals surface area (Å²) in [5, 5.41) is 13.5. The van der Waals surface area contributed by atoms with E-state index in [0.717, 1.165) is 78.9 Å². The molecule has 9 nitrogen and oxygen atoms in total. The molecule has 2 aliphatic heterocycles. The second kappa shape index (κ2) is 9.70. The Kier molecular flexibility index (Phi) is 6.52. The van der Waals surface area contributed by atoms with Gasteiger partial charge >= 0.3 is 0 Å². The molecule has 1 aromatic carbocycles. The summed E-state index contributed by atoms with van der Waals surface area (Å²) in [6.07, 6.45) is 4.54. The average molecular weight is 453 g/mol. The van der Waals surface area contributed by atoms with Crippen molar-refractivity contribution in [3.05, 3.63) is 51.1 Å². The van der Waals surface area contributed by atoms with Gasteiger partial charge in [0.15, 0.2) is 5.82 Å². The van der Waals surface area contributed by atoms with Gasteiger partial charge in [0.05, 0.1) is 25.3 Å². The van der Waals surface area contributed by atoms with Crippen LogP contribution in [0.25, 0.3) is 10.9 Å². The van der Waals surface area contributed by atoms with Gasteiger partial charge in [0.2, 0.25) is 0 Å². The van der Waals surface area contributed by atoms with E-state index >= 15 is 0 Å². The van der Waals surface area contributed by atoms with Gasteiger partial charge in [-0.1, -0.05) is 6.07 Å². The highest BCUT2D eigenvalue weighted by Crippen LogP contribution is 2.21. The fourth-order valence-corrected chi connectivity index (χ4v) is 5.00. The van der Waals surface area contributed by atoms with Gasteiger partial charge in [0.1, 0.15) is 0 Å². The van der Waals surface area contributed by atoms with E-state index in [1.165, 1.54) is 0 Å². The number of fused-ring (bicyclic) bond motifs is 1. The van der Waals surface area contributed by atoms with E-state index in [1.807, 2.05) is 23.7 Å². The Labute approximate surface area is 193 Å². The van der Waals surface area contributed by atoms with Crippen LogP contribution >= 0.6 is 0 Å². The van der Waals surface area contributed by atoms with Crippen molar-refractivity contribution in [2.75, 3.05) is 19.8 Å². The highest BCUT2D eigenvalue weighted by molar-refractivity contribution is 5.83. The zero-order chi connectivity index (χ0) is 22.8. The van der Waals surface area contributed by atoms with E-state index in [-0.39, 0.29) is 17.8 Å². The van der Waals surface area contributed by atoms with Crippen LogP contribution in [0.3, 0.4) is 0 Å². The molecular formula is C24H32N6O3. The molecule has 2 aliphatic rings. The number of nitrogens with zero attached hydrogens (tertiary/aromatic N) is 5. The molecule has 0 unspecified atom stereocenters. The molecule has 1 N–H and O–H groups in total. The number of tetrazole rings is 1. The predicted octanol–water partition coefficient (Wildman–Crippen LogP) is 2.49. The minimum Gasteiger partial charge on any atom is -0.377 e. The highest BCUT2D eigenvalue weighted by atomic mass is 16.5. The van der Waals surface area contributed by atoms with Crippen LogP contribution in [0.2, 0.25) is 0 Å². The van der Waals surface area contributed by atoms with Crippen LogP contribution in [-0.2, 0) is 29.1 Å². The fraction of sp³-hybridized carbons (Fsp3) is 0.583. The van der Waals surface area contributed by atoms with Crippen molar-refractivity contribution in [2.45, 2.75) is 71.4 Å². The highest BCUT2D eigenvalue weighted by Gasteiger charge is 2.24. The lowest BCUT2D eigenvalue weighted by atomic mass is 10.0. The van der Waals surface area contributed by atoms with E-state index < -0.39 is 0 Å². The molecule has 3 aromatic rings. The summed E-state index contributed by atoms with van der Waals surface area (Å²) in [6, 6.07) is 6.20. The van der Waals surface area contributed by atoms with Crippen molar-refractivity contribution in [3.63, 3.8) is 0 Å². The molecule has 9 heteroatoms. The number of benzene rings is 1. The summed E-state index contributed by atoms with van der Waals surface area (Å²) in [5.74, 6) is 0.785. The summed E-state index contributed by atoms with van der Waals surface area (Å²) >= 11 is 0. The smallest absolute Gasteiger partial charge is 0.252 e. The van der Waals surface area contributed by atoms with E-state index in [0.29, 0.717) is 19.6 Å². The van der Waals surface area contributed by atoms with Crippen molar-refractivity contribution in [2.24, 2.45) is 0 Å². The molecule has 33 heavy (non-hydrogen) atoms. The second-order valence-electron chi connectivity index (χ2n) is 9.38. The first kappa shape index (κ1) is 22.2. The minimum absolute atomic E-state index is 0.0520. The first-order valence-electron chi connectivity index (χ1n) is 11.9. The van der Waals surface area contributed by atoms with Gasteiger partial charge in [-0.3, -0.25) is 9.69 Å². The molecule has 2 aromatic heterocycles. The minimum atomic E-state index is -0.0520. The van der Waals surface area contributed by atoms with Crippen LogP contribution in [-0.4, -0.2) is 62.1 Å². The standard InChI is InChI=1S/C24H32N6O3/c1-16-9-17(2)21-11-18(24(31)25-22(21)10-16)12-29(13-19-5-3-7-32-19)15-23-26-27-28-30(23)14-20-6-4-8-33-20/h9-11,19-20H,3-8,12-15H2,1-2H3,(H,25,31)/t19-,20-/m1/s1. The fourth-order valence-electron chi connectivity index (χ4n) is 5.00. The molecule has 0 aliphatic carbocycles. The molecule has 0 bridgehead atoms. The van der Waals surface area contributed by atoms with Crippen molar-refractivity contribution in [1.82, 2.24) is 30.1 Å². The molecule has 0 amide bonds. The van der Waals surface area contributed by atoms with E-state index in [4.69, 9.17) is 9.47 Å². The Bertz CT molecular complexity index is 1160. The Balaban J connectivity index is 1.40. The first-order chi connectivity index (χ1) is 16.0. The molecular weight excluding hydrogens is 420 g/mol. The van der Waals surface area contributed by atoms with Crippen LogP contribution in [0.1, 0.15) is 48.2 Å². The second-order valence-corrected chi connectivity index (χ2v) is 9.38. The third kappa shape index (κ3) is 5.15. The maximum absolute atomic E-state index is 13.0. The van der Waals surface area contributed by atoms with Gasteiger partial charge in [0, 0.05) is 42.8 Å². The number of hydrogen-bond acceptors (Lipinski definition) is 7. The Hall–Kier alpha value is -2.62. The topological polar surface area (TPSA) is 98.2 Å². The van der Waals surface area contributed by atoms with E-state index in [9.17, 15) is 4.79 Å². The van der Waals surface area contributed by atoms with Gasteiger partial charge < -0.3 is 14.5 Å². The van der Waals surface area contributed by atoms with E-state index in [1.54, 1.807) is 0 Å². The number of H-pyrrole nitrogens is 1. The van der Waals surface area contributed by atoms with Crippen LogP contribution in [0.5, 0.6) is 0 Å². The van der Waals surface area contributed by atoms with Gasteiger partial charge in [-0.2, -0.15) is 0 Å². The molecule has 2 saturated heterocycles. The zero-order valence-electron chi connectivity index (χ0n) is 19.4. The van der Waals surface area contributed by atoms with Crippen LogP contribution in [0, 0.1) is 13.8 Å². The third-order valence-electron chi connectivity index (χ3n) is 6.64. The van der Waals surface area contributed by atoms with Crippen molar-refractivity contribution < 1.29 is 9.47 Å². The first-order valence-corrected chi connectivity index (χ1v) is 11.9. The number of ether oxygens (including phenoxy) is 2.